The number of thiophene rings is 1. The highest BCUT2D eigenvalue weighted by atomic mass is 32.2. The highest BCUT2D eigenvalue weighted by Crippen LogP contribution is 2.28. The van der Waals surface area contributed by atoms with E-state index < -0.39 is 10.0 Å². The number of sulfonamides is 1. The van der Waals surface area contributed by atoms with Crippen molar-refractivity contribution in [3.05, 3.63) is 15.8 Å². The fraction of sp³-hybridized carbons (Fsp3) is 0.636. The summed E-state index contributed by atoms with van der Waals surface area (Å²) in [4.78, 5) is 2.21. The Morgan fingerprint density at radius 2 is 2.12 bits per heavy atom. The van der Waals surface area contributed by atoms with E-state index in [0.717, 1.165) is 9.75 Å². The largest absolute Gasteiger partial charge is 0.393 e. The Morgan fingerprint density at radius 3 is 2.59 bits per heavy atom. The molecule has 1 heterocycles. The number of aliphatic hydroxyl groups is 1. The maximum absolute atomic E-state index is 12.0. The van der Waals surface area contributed by atoms with Gasteiger partial charge in [0.05, 0.1) is 11.0 Å². The van der Waals surface area contributed by atoms with Gasteiger partial charge in [-0.25, -0.2) is 13.1 Å². The van der Waals surface area contributed by atoms with E-state index in [4.69, 9.17) is 5.11 Å². The van der Waals surface area contributed by atoms with Crippen LogP contribution in [0.25, 0.3) is 0 Å². The molecule has 4 nitrogen and oxygen atoms in total. The Labute approximate surface area is 106 Å². The van der Waals surface area contributed by atoms with Gasteiger partial charge in [0, 0.05) is 16.3 Å². The van der Waals surface area contributed by atoms with E-state index in [1.807, 2.05) is 13.8 Å². The molecule has 0 amide bonds. The summed E-state index contributed by atoms with van der Waals surface area (Å²) in [6.45, 7) is 4.14. The highest BCUT2D eigenvalue weighted by molar-refractivity contribution is 7.89. The molecule has 0 spiro atoms. The van der Waals surface area contributed by atoms with Gasteiger partial charge in [0.1, 0.15) is 0 Å². The second-order valence-corrected chi connectivity index (χ2v) is 7.82. The molecule has 1 aliphatic rings. The molecule has 0 radical (unpaired) electrons. The maximum atomic E-state index is 12.0. The molecule has 0 saturated heterocycles. The average Bonchev–Trinajstić information content (AvgIpc) is 2.51. The summed E-state index contributed by atoms with van der Waals surface area (Å²) in [7, 11) is -3.38. The molecule has 0 atom stereocenters. The molecule has 1 saturated carbocycles. The van der Waals surface area contributed by atoms with E-state index in [0.29, 0.717) is 24.3 Å². The number of hydrogen-bond acceptors (Lipinski definition) is 4. The van der Waals surface area contributed by atoms with Crippen LogP contribution in [0.1, 0.15) is 22.6 Å². The van der Waals surface area contributed by atoms with Gasteiger partial charge in [-0.05, 0) is 38.7 Å². The van der Waals surface area contributed by atoms with Gasteiger partial charge in [-0.3, -0.25) is 0 Å². The Bertz CT molecular complexity index is 501. The van der Waals surface area contributed by atoms with Crippen LogP contribution in [0.3, 0.4) is 0 Å². The summed E-state index contributed by atoms with van der Waals surface area (Å²) in [5, 5.41) is 9.14. The van der Waals surface area contributed by atoms with Gasteiger partial charge in [0.2, 0.25) is 10.0 Å². The summed E-state index contributed by atoms with van der Waals surface area (Å²) >= 11 is 1.49. The number of nitrogens with one attached hydrogen (secondary N) is 1. The molecule has 1 aromatic rings. The lowest BCUT2D eigenvalue weighted by atomic mass is 9.83. The van der Waals surface area contributed by atoms with E-state index in [9.17, 15) is 8.42 Å². The van der Waals surface area contributed by atoms with Crippen molar-refractivity contribution in [3.8, 4) is 0 Å². The van der Waals surface area contributed by atoms with Crippen molar-refractivity contribution in [2.24, 2.45) is 5.92 Å². The first-order chi connectivity index (χ1) is 7.88. The molecule has 6 heteroatoms. The van der Waals surface area contributed by atoms with Gasteiger partial charge in [0.15, 0.2) is 0 Å². The monoisotopic (exact) mass is 275 g/mol. The average molecular weight is 275 g/mol. The summed E-state index contributed by atoms with van der Waals surface area (Å²) < 4.78 is 26.7. The van der Waals surface area contributed by atoms with Gasteiger partial charge in [-0.15, -0.1) is 11.3 Å². The molecular weight excluding hydrogens is 258 g/mol. The smallest absolute Gasteiger partial charge is 0.241 e. The molecule has 96 valence electrons. The van der Waals surface area contributed by atoms with Crippen LogP contribution in [-0.4, -0.2) is 26.2 Å². The molecule has 17 heavy (non-hydrogen) atoms. The van der Waals surface area contributed by atoms with Crippen LogP contribution >= 0.6 is 11.3 Å². The fourth-order valence-corrected chi connectivity index (χ4v) is 4.72. The quantitative estimate of drug-likeness (QED) is 0.873. The zero-order chi connectivity index (χ0) is 12.6. The van der Waals surface area contributed by atoms with Crippen molar-refractivity contribution in [3.63, 3.8) is 0 Å². The lowest BCUT2D eigenvalue weighted by molar-refractivity contribution is 0.0453. The first-order valence-corrected chi connectivity index (χ1v) is 7.93. The van der Waals surface area contributed by atoms with E-state index in [-0.39, 0.29) is 12.0 Å². The summed E-state index contributed by atoms with van der Waals surface area (Å²) in [6, 6.07) is 1.71. The Hall–Kier alpha value is -0.430. The molecular formula is C11H17NO3S2. The summed E-state index contributed by atoms with van der Waals surface area (Å²) in [6.07, 6.45) is 1.16. The number of hydrogen-bond donors (Lipinski definition) is 2. The molecule has 1 aromatic heterocycles. The zero-order valence-corrected chi connectivity index (χ0v) is 11.6. The topological polar surface area (TPSA) is 66.4 Å². The van der Waals surface area contributed by atoms with Gasteiger partial charge in [-0.1, -0.05) is 0 Å². The van der Waals surface area contributed by atoms with Crippen molar-refractivity contribution in [1.29, 1.82) is 0 Å². The highest BCUT2D eigenvalue weighted by Gasteiger charge is 2.29. The lowest BCUT2D eigenvalue weighted by Gasteiger charge is -2.31. The maximum Gasteiger partial charge on any atom is 0.241 e. The predicted octanol–water partition coefficient (Wildman–Crippen LogP) is 1.41. The SMILES string of the molecule is Cc1cc(S(=O)(=O)NCC2CC(O)C2)c(C)s1. The van der Waals surface area contributed by atoms with Crippen LogP contribution in [0.4, 0.5) is 0 Å². The van der Waals surface area contributed by atoms with Gasteiger partial charge in [-0.2, -0.15) is 0 Å². The van der Waals surface area contributed by atoms with Crippen molar-refractivity contribution in [1.82, 2.24) is 4.72 Å². The minimum absolute atomic E-state index is 0.241. The number of aryl methyl sites for hydroxylation is 2. The fourth-order valence-electron chi connectivity index (χ4n) is 2.05. The normalized spacial score (nSPS) is 24.6. The second-order valence-electron chi connectivity index (χ2n) is 4.62. The molecule has 0 bridgehead atoms. The zero-order valence-electron chi connectivity index (χ0n) is 9.93. The Balaban J connectivity index is 2.01. The van der Waals surface area contributed by atoms with Crippen molar-refractivity contribution in [2.45, 2.75) is 37.7 Å². The Morgan fingerprint density at radius 1 is 1.47 bits per heavy atom. The van der Waals surface area contributed by atoms with Crippen LogP contribution < -0.4 is 4.72 Å². The first kappa shape index (κ1) is 13.0. The second kappa shape index (κ2) is 4.68. The van der Waals surface area contributed by atoms with Crippen LogP contribution in [0.5, 0.6) is 0 Å². The van der Waals surface area contributed by atoms with Gasteiger partial charge < -0.3 is 5.11 Å². The minimum atomic E-state index is -3.38. The van der Waals surface area contributed by atoms with Crippen LogP contribution in [0, 0.1) is 19.8 Å². The summed E-state index contributed by atoms with van der Waals surface area (Å²) in [5.41, 5.74) is 0. The molecule has 0 aliphatic heterocycles. The van der Waals surface area contributed by atoms with E-state index >= 15 is 0 Å². The third-order valence-corrected chi connectivity index (χ3v) is 5.70. The van der Waals surface area contributed by atoms with E-state index in [2.05, 4.69) is 4.72 Å². The van der Waals surface area contributed by atoms with E-state index in [1.165, 1.54) is 11.3 Å². The predicted molar refractivity (Wildman–Crippen MR) is 67.7 cm³/mol. The summed E-state index contributed by atoms with van der Waals surface area (Å²) in [5.74, 6) is 0.278. The van der Waals surface area contributed by atoms with Crippen molar-refractivity contribution in [2.75, 3.05) is 6.54 Å². The van der Waals surface area contributed by atoms with Crippen molar-refractivity contribution >= 4 is 21.4 Å². The third-order valence-electron chi connectivity index (χ3n) is 3.06. The van der Waals surface area contributed by atoms with Gasteiger partial charge >= 0.3 is 0 Å². The third kappa shape index (κ3) is 2.88. The molecule has 2 N–H and O–H groups in total. The molecule has 0 aromatic carbocycles. The molecule has 0 unspecified atom stereocenters. The molecule has 2 rings (SSSR count). The minimum Gasteiger partial charge on any atom is -0.393 e. The van der Waals surface area contributed by atoms with Crippen LogP contribution in [0.15, 0.2) is 11.0 Å². The Kier molecular flexibility index (Phi) is 3.58. The van der Waals surface area contributed by atoms with Crippen LogP contribution in [-0.2, 0) is 10.0 Å². The van der Waals surface area contributed by atoms with E-state index in [1.54, 1.807) is 6.07 Å². The van der Waals surface area contributed by atoms with Gasteiger partial charge in [0.25, 0.3) is 0 Å². The van der Waals surface area contributed by atoms with Crippen LogP contribution in [0.2, 0.25) is 0 Å². The molecule has 1 aliphatic carbocycles. The number of aliphatic hydroxyl groups excluding tert-OH is 1. The van der Waals surface area contributed by atoms with Crippen molar-refractivity contribution < 1.29 is 13.5 Å². The molecule has 1 fully saturated rings. The standard InChI is InChI=1S/C11H17NO3S2/c1-7-3-11(8(2)16-7)17(14,15)12-6-9-4-10(13)5-9/h3,9-10,12-13H,4-6H2,1-2H3. The number of rotatable bonds is 4. The lowest BCUT2D eigenvalue weighted by Crippen LogP contribution is -2.38. The first-order valence-electron chi connectivity index (χ1n) is 5.63.